The molecule has 0 bridgehead atoms. The fourth-order valence-electron chi connectivity index (χ4n) is 2.92. The van der Waals surface area contributed by atoms with Gasteiger partial charge in [-0.15, -0.1) is 0 Å². The van der Waals surface area contributed by atoms with E-state index in [-0.39, 0.29) is 0 Å². The summed E-state index contributed by atoms with van der Waals surface area (Å²) >= 11 is 0. The molecule has 2 heteroatoms. The zero-order valence-electron chi connectivity index (χ0n) is 14.3. The van der Waals surface area contributed by atoms with Crippen LogP contribution in [0.15, 0.2) is 36.4 Å². The van der Waals surface area contributed by atoms with Crippen LogP contribution in [-0.4, -0.2) is 13.6 Å². The molecule has 2 aromatic carbocycles. The lowest BCUT2D eigenvalue weighted by Crippen LogP contribution is -2.14. The van der Waals surface area contributed by atoms with Crippen LogP contribution in [0, 0.1) is 13.8 Å². The Labute approximate surface area is 135 Å². The van der Waals surface area contributed by atoms with Crippen molar-refractivity contribution in [2.45, 2.75) is 40.3 Å². The Morgan fingerprint density at radius 2 is 1.36 bits per heavy atom. The number of hydrogen-bond donors (Lipinski definition) is 2. The minimum absolute atomic E-state index is 0.913. The van der Waals surface area contributed by atoms with Crippen LogP contribution in [0.4, 0.5) is 0 Å². The molecule has 2 N–H and O–H groups in total. The van der Waals surface area contributed by atoms with E-state index in [2.05, 4.69) is 67.8 Å². The summed E-state index contributed by atoms with van der Waals surface area (Å²) < 4.78 is 0. The van der Waals surface area contributed by atoms with Gasteiger partial charge in [-0.3, -0.25) is 0 Å². The molecule has 0 fully saturated rings. The molecule has 118 valence electrons. The van der Waals surface area contributed by atoms with Crippen LogP contribution in [0.3, 0.4) is 0 Å². The Kier molecular flexibility index (Phi) is 6.17. The molecule has 0 radical (unpaired) electrons. The van der Waals surface area contributed by atoms with Crippen LogP contribution in [0.25, 0.3) is 11.1 Å². The predicted molar refractivity (Wildman–Crippen MR) is 96.1 cm³/mol. The minimum Gasteiger partial charge on any atom is -0.316 e. The average Bonchev–Trinajstić information content (AvgIpc) is 2.52. The van der Waals surface area contributed by atoms with Crippen LogP contribution in [-0.2, 0) is 13.1 Å². The van der Waals surface area contributed by atoms with Crippen molar-refractivity contribution < 1.29 is 0 Å². The number of benzene rings is 2. The van der Waals surface area contributed by atoms with Gasteiger partial charge in [0.2, 0.25) is 0 Å². The normalized spacial score (nSPS) is 10.9. The fraction of sp³-hybridized carbons (Fsp3) is 0.400. The Hall–Kier alpha value is -1.64. The van der Waals surface area contributed by atoms with E-state index in [9.17, 15) is 0 Å². The van der Waals surface area contributed by atoms with Gasteiger partial charge in [0.1, 0.15) is 0 Å². The van der Waals surface area contributed by atoms with E-state index in [1.807, 2.05) is 7.05 Å². The van der Waals surface area contributed by atoms with Gasteiger partial charge in [0.15, 0.2) is 0 Å². The zero-order chi connectivity index (χ0) is 15.9. The van der Waals surface area contributed by atoms with Gasteiger partial charge in [-0.1, -0.05) is 43.3 Å². The standard InChI is InChI=1S/C20H28N2/c1-5-12-22-14-18-9-7-11-20(16(18)3)19-10-6-8-17(13-21-4)15(19)2/h6-11,21-22H,5,12-14H2,1-4H3. The highest BCUT2D eigenvalue weighted by atomic mass is 14.8. The van der Waals surface area contributed by atoms with E-state index in [4.69, 9.17) is 0 Å². The van der Waals surface area contributed by atoms with Crippen LogP contribution < -0.4 is 10.6 Å². The SMILES string of the molecule is CCCNCc1cccc(-c2cccc(CNC)c2C)c1C. The topological polar surface area (TPSA) is 24.1 Å². The van der Waals surface area contributed by atoms with Gasteiger partial charge < -0.3 is 10.6 Å². The summed E-state index contributed by atoms with van der Waals surface area (Å²) in [6, 6.07) is 13.3. The molecule has 0 atom stereocenters. The molecule has 0 unspecified atom stereocenters. The maximum Gasteiger partial charge on any atom is 0.0208 e. The van der Waals surface area contributed by atoms with Crippen molar-refractivity contribution in [3.63, 3.8) is 0 Å². The van der Waals surface area contributed by atoms with Gasteiger partial charge in [-0.2, -0.15) is 0 Å². The van der Waals surface area contributed by atoms with Gasteiger partial charge in [0, 0.05) is 13.1 Å². The molecule has 0 spiro atoms. The van der Waals surface area contributed by atoms with Crippen molar-refractivity contribution >= 4 is 0 Å². The summed E-state index contributed by atoms with van der Waals surface area (Å²) in [7, 11) is 2.00. The molecule has 2 nitrogen and oxygen atoms in total. The second kappa shape index (κ2) is 8.11. The van der Waals surface area contributed by atoms with Crippen LogP contribution in [0.2, 0.25) is 0 Å². The summed E-state index contributed by atoms with van der Waals surface area (Å²) in [5.74, 6) is 0. The van der Waals surface area contributed by atoms with E-state index < -0.39 is 0 Å². The molecule has 0 heterocycles. The summed E-state index contributed by atoms with van der Waals surface area (Å²) in [5, 5.41) is 6.76. The van der Waals surface area contributed by atoms with Crippen LogP contribution >= 0.6 is 0 Å². The first kappa shape index (κ1) is 16.7. The van der Waals surface area contributed by atoms with Crippen molar-refractivity contribution in [1.82, 2.24) is 10.6 Å². The van der Waals surface area contributed by atoms with Gasteiger partial charge in [0.05, 0.1) is 0 Å². The van der Waals surface area contributed by atoms with E-state index in [1.54, 1.807) is 0 Å². The summed E-state index contributed by atoms with van der Waals surface area (Å²) in [6.07, 6.45) is 1.17. The van der Waals surface area contributed by atoms with Gasteiger partial charge >= 0.3 is 0 Å². The quantitative estimate of drug-likeness (QED) is 0.749. The molecular formula is C20H28N2. The predicted octanol–water partition coefficient (Wildman–Crippen LogP) is 4.19. The number of nitrogens with one attached hydrogen (secondary N) is 2. The second-order valence-corrected chi connectivity index (χ2v) is 5.89. The van der Waals surface area contributed by atoms with E-state index in [1.165, 1.54) is 39.8 Å². The van der Waals surface area contributed by atoms with Crippen LogP contribution in [0.5, 0.6) is 0 Å². The highest BCUT2D eigenvalue weighted by Crippen LogP contribution is 2.30. The van der Waals surface area contributed by atoms with Crippen molar-refractivity contribution in [1.29, 1.82) is 0 Å². The highest BCUT2D eigenvalue weighted by Gasteiger charge is 2.10. The first-order valence-corrected chi connectivity index (χ1v) is 8.21. The largest absolute Gasteiger partial charge is 0.316 e. The average molecular weight is 296 g/mol. The molecule has 2 rings (SSSR count). The minimum atomic E-state index is 0.913. The third-order valence-electron chi connectivity index (χ3n) is 4.29. The maximum atomic E-state index is 3.51. The zero-order valence-corrected chi connectivity index (χ0v) is 14.3. The molecule has 2 aromatic rings. The number of hydrogen-bond acceptors (Lipinski definition) is 2. The van der Waals surface area contributed by atoms with Crippen molar-refractivity contribution in [2.75, 3.05) is 13.6 Å². The van der Waals surface area contributed by atoms with Gasteiger partial charge in [0.25, 0.3) is 0 Å². The van der Waals surface area contributed by atoms with E-state index in [0.717, 1.165) is 19.6 Å². The summed E-state index contributed by atoms with van der Waals surface area (Å²) in [6.45, 7) is 9.60. The fourth-order valence-corrected chi connectivity index (χ4v) is 2.92. The summed E-state index contributed by atoms with van der Waals surface area (Å²) in [5.41, 5.74) is 8.22. The summed E-state index contributed by atoms with van der Waals surface area (Å²) in [4.78, 5) is 0. The van der Waals surface area contributed by atoms with Gasteiger partial charge in [-0.25, -0.2) is 0 Å². The molecular weight excluding hydrogens is 268 g/mol. The smallest absolute Gasteiger partial charge is 0.0208 e. The van der Waals surface area contributed by atoms with Crippen LogP contribution in [0.1, 0.15) is 35.6 Å². The maximum absolute atomic E-state index is 3.51. The Bertz CT molecular complexity index is 617. The lowest BCUT2D eigenvalue weighted by Gasteiger charge is -2.16. The third-order valence-corrected chi connectivity index (χ3v) is 4.29. The lowest BCUT2D eigenvalue weighted by atomic mass is 9.91. The Morgan fingerprint density at radius 3 is 1.86 bits per heavy atom. The molecule has 0 saturated heterocycles. The molecule has 22 heavy (non-hydrogen) atoms. The molecule has 0 aromatic heterocycles. The third kappa shape index (κ3) is 3.76. The molecule has 0 aliphatic carbocycles. The van der Waals surface area contributed by atoms with Gasteiger partial charge in [-0.05, 0) is 67.2 Å². The second-order valence-electron chi connectivity index (χ2n) is 5.89. The van der Waals surface area contributed by atoms with Crippen molar-refractivity contribution in [3.05, 3.63) is 58.7 Å². The lowest BCUT2D eigenvalue weighted by molar-refractivity contribution is 0.673. The molecule has 0 amide bonds. The van der Waals surface area contributed by atoms with E-state index >= 15 is 0 Å². The highest BCUT2D eigenvalue weighted by molar-refractivity contribution is 5.72. The molecule has 0 aliphatic rings. The Morgan fingerprint density at radius 1 is 0.818 bits per heavy atom. The molecule has 0 saturated carbocycles. The first-order chi connectivity index (χ1) is 10.7. The Balaban J connectivity index is 2.37. The monoisotopic (exact) mass is 296 g/mol. The first-order valence-electron chi connectivity index (χ1n) is 8.21. The molecule has 0 aliphatic heterocycles. The van der Waals surface area contributed by atoms with Crippen molar-refractivity contribution in [3.8, 4) is 11.1 Å². The van der Waals surface area contributed by atoms with Crippen molar-refractivity contribution in [2.24, 2.45) is 0 Å². The number of rotatable bonds is 7. The van der Waals surface area contributed by atoms with E-state index in [0.29, 0.717) is 0 Å².